The number of nitrogens with two attached hydrogens (primary N) is 1. The number of benzene rings is 2. The van der Waals surface area contributed by atoms with E-state index in [1.807, 2.05) is 36.4 Å². The summed E-state index contributed by atoms with van der Waals surface area (Å²) in [5.41, 5.74) is 9.29. The SMILES string of the molecule is COc1ccc(-c2cc3ccccc3nc2C#N)cc1N. The molecule has 2 N–H and O–H groups in total. The van der Waals surface area contributed by atoms with E-state index in [0.717, 1.165) is 22.0 Å². The van der Waals surface area contributed by atoms with Crippen molar-refractivity contribution < 1.29 is 4.74 Å². The molecule has 0 saturated heterocycles. The van der Waals surface area contributed by atoms with E-state index in [2.05, 4.69) is 11.1 Å². The third kappa shape index (κ3) is 2.26. The highest BCUT2D eigenvalue weighted by Crippen LogP contribution is 2.31. The Morgan fingerprint density at radius 1 is 1.14 bits per heavy atom. The van der Waals surface area contributed by atoms with E-state index in [0.29, 0.717) is 17.1 Å². The minimum Gasteiger partial charge on any atom is -0.495 e. The van der Waals surface area contributed by atoms with Crippen molar-refractivity contribution in [2.45, 2.75) is 0 Å². The van der Waals surface area contributed by atoms with Gasteiger partial charge in [0.05, 0.1) is 18.3 Å². The molecule has 0 fully saturated rings. The van der Waals surface area contributed by atoms with Gasteiger partial charge in [0.2, 0.25) is 0 Å². The molecule has 0 aliphatic rings. The Bertz CT molecular complexity index is 866. The van der Waals surface area contributed by atoms with Crippen molar-refractivity contribution in [2.24, 2.45) is 0 Å². The fourth-order valence-electron chi connectivity index (χ4n) is 2.32. The van der Waals surface area contributed by atoms with Crippen molar-refractivity contribution in [1.29, 1.82) is 5.26 Å². The summed E-state index contributed by atoms with van der Waals surface area (Å²) in [5.74, 6) is 0.617. The van der Waals surface area contributed by atoms with Crippen LogP contribution in [0, 0.1) is 11.3 Å². The van der Waals surface area contributed by atoms with Crippen LogP contribution in [0.3, 0.4) is 0 Å². The highest BCUT2D eigenvalue weighted by atomic mass is 16.5. The van der Waals surface area contributed by atoms with Gasteiger partial charge in [-0.25, -0.2) is 4.98 Å². The molecular formula is C17H13N3O. The summed E-state index contributed by atoms with van der Waals surface area (Å²) >= 11 is 0. The quantitative estimate of drug-likeness (QED) is 0.728. The molecule has 1 aromatic heterocycles. The predicted molar refractivity (Wildman–Crippen MR) is 82.9 cm³/mol. The van der Waals surface area contributed by atoms with Crippen LogP contribution in [-0.2, 0) is 0 Å². The molecule has 0 aliphatic carbocycles. The topological polar surface area (TPSA) is 71.9 Å². The minimum absolute atomic E-state index is 0.387. The van der Waals surface area contributed by atoms with E-state index in [1.165, 1.54) is 0 Å². The van der Waals surface area contributed by atoms with Crippen LogP contribution in [0.25, 0.3) is 22.0 Å². The number of nitrogen functional groups attached to an aromatic ring is 1. The number of ether oxygens (including phenoxy) is 1. The highest BCUT2D eigenvalue weighted by Gasteiger charge is 2.10. The maximum atomic E-state index is 9.34. The van der Waals surface area contributed by atoms with E-state index in [9.17, 15) is 5.26 Å². The van der Waals surface area contributed by atoms with Gasteiger partial charge in [-0.15, -0.1) is 0 Å². The molecule has 4 nitrogen and oxygen atoms in total. The van der Waals surface area contributed by atoms with Gasteiger partial charge in [-0.3, -0.25) is 0 Å². The average molecular weight is 275 g/mol. The molecule has 3 rings (SSSR count). The van der Waals surface area contributed by atoms with Crippen LogP contribution in [0.15, 0.2) is 48.5 Å². The van der Waals surface area contributed by atoms with Crippen LogP contribution in [0.4, 0.5) is 5.69 Å². The molecule has 0 atom stereocenters. The highest BCUT2D eigenvalue weighted by molar-refractivity contribution is 5.86. The molecule has 0 unspecified atom stereocenters. The van der Waals surface area contributed by atoms with Crippen molar-refractivity contribution in [3.8, 4) is 22.9 Å². The van der Waals surface area contributed by atoms with Gasteiger partial charge >= 0.3 is 0 Å². The Morgan fingerprint density at radius 2 is 1.95 bits per heavy atom. The monoisotopic (exact) mass is 275 g/mol. The van der Waals surface area contributed by atoms with Crippen LogP contribution >= 0.6 is 0 Å². The first-order valence-electron chi connectivity index (χ1n) is 6.46. The fourth-order valence-corrected chi connectivity index (χ4v) is 2.32. The lowest BCUT2D eigenvalue weighted by atomic mass is 10.0. The van der Waals surface area contributed by atoms with Crippen LogP contribution in [0.1, 0.15) is 5.69 Å². The second kappa shape index (κ2) is 5.14. The Morgan fingerprint density at radius 3 is 2.67 bits per heavy atom. The standard InChI is InChI=1S/C17H13N3O/c1-21-17-7-6-11(9-14(17)19)13-8-12-4-2-3-5-15(12)20-16(13)10-18/h2-9H,19H2,1H3. The normalized spacial score (nSPS) is 10.3. The van der Waals surface area contributed by atoms with Crippen molar-refractivity contribution in [2.75, 3.05) is 12.8 Å². The first-order valence-corrected chi connectivity index (χ1v) is 6.46. The zero-order chi connectivity index (χ0) is 14.8. The van der Waals surface area contributed by atoms with Gasteiger partial charge in [-0.2, -0.15) is 5.26 Å². The van der Waals surface area contributed by atoms with Gasteiger partial charge in [0.15, 0.2) is 0 Å². The molecule has 4 heteroatoms. The first-order chi connectivity index (χ1) is 10.2. The number of hydrogen-bond donors (Lipinski definition) is 1. The molecule has 0 saturated carbocycles. The van der Waals surface area contributed by atoms with Crippen molar-refractivity contribution >= 4 is 16.6 Å². The minimum atomic E-state index is 0.387. The maximum absolute atomic E-state index is 9.34. The molecule has 1 heterocycles. The summed E-state index contributed by atoms with van der Waals surface area (Å²) in [6.07, 6.45) is 0. The molecule has 0 spiro atoms. The molecule has 2 aromatic carbocycles. The number of methoxy groups -OCH3 is 1. The zero-order valence-electron chi connectivity index (χ0n) is 11.5. The first kappa shape index (κ1) is 12.9. The number of para-hydroxylation sites is 1. The lowest BCUT2D eigenvalue weighted by Gasteiger charge is -2.09. The van der Waals surface area contributed by atoms with Crippen molar-refractivity contribution in [3.05, 3.63) is 54.2 Å². The second-order valence-electron chi connectivity index (χ2n) is 4.65. The summed E-state index contributed by atoms with van der Waals surface area (Å²) in [5, 5.41) is 10.3. The molecule has 3 aromatic rings. The van der Waals surface area contributed by atoms with E-state index >= 15 is 0 Å². The van der Waals surface area contributed by atoms with Crippen molar-refractivity contribution in [1.82, 2.24) is 4.98 Å². The number of rotatable bonds is 2. The summed E-state index contributed by atoms with van der Waals surface area (Å²) in [6, 6.07) is 17.3. The summed E-state index contributed by atoms with van der Waals surface area (Å²) in [7, 11) is 1.57. The number of aromatic nitrogens is 1. The summed E-state index contributed by atoms with van der Waals surface area (Å²) < 4.78 is 5.16. The summed E-state index contributed by atoms with van der Waals surface area (Å²) in [6.45, 7) is 0. The fraction of sp³-hybridized carbons (Fsp3) is 0.0588. The van der Waals surface area contributed by atoms with Crippen LogP contribution in [0.2, 0.25) is 0 Å². The van der Waals surface area contributed by atoms with Gasteiger partial charge in [0.25, 0.3) is 0 Å². The number of fused-ring (bicyclic) bond motifs is 1. The second-order valence-corrected chi connectivity index (χ2v) is 4.65. The zero-order valence-corrected chi connectivity index (χ0v) is 11.5. The average Bonchev–Trinajstić information content (AvgIpc) is 2.53. The Balaban J connectivity index is 2.24. The molecular weight excluding hydrogens is 262 g/mol. The van der Waals surface area contributed by atoms with E-state index in [-0.39, 0.29) is 0 Å². The lowest BCUT2D eigenvalue weighted by molar-refractivity contribution is 0.417. The number of nitriles is 1. The summed E-state index contributed by atoms with van der Waals surface area (Å²) in [4.78, 5) is 4.41. The third-order valence-electron chi connectivity index (χ3n) is 3.37. The van der Waals surface area contributed by atoms with Gasteiger partial charge < -0.3 is 10.5 Å². The number of anilines is 1. The van der Waals surface area contributed by atoms with Gasteiger partial charge in [0.1, 0.15) is 17.5 Å². The Kier molecular flexibility index (Phi) is 3.17. The lowest BCUT2D eigenvalue weighted by Crippen LogP contribution is -1.95. The molecule has 21 heavy (non-hydrogen) atoms. The number of hydrogen-bond acceptors (Lipinski definition) is 4. The largest absolute Gasteiger partial charge is 0.495 e. The van der Waals surface area contributed by atoms with E-state index in [1.54, 1.807) is 19.2 Å². The number of nitrogens with zero attached hydrogens (tertiary/aromatic N) is 2. The number of pyridine rings is 1. The van der Waals surface area contributed by atoms with Crippen LogP contribution in [0.5, 0.6) is 5.75 Å². The molecule has 0 amide bonds. The Hall–Kier alpha value is -3.06. The van der Waals surface area contributed by atoms with Crippen LogP contribution in [-0.4, -0.2) is 12.1 Å². The maximum Gasteiger partial charge on any atom is 0.149 e. The van der Waals surface area contributed by atoms with Gasteiger partial charge in [-0.1, -0.05) is 24.3 Å². The molecule has 0 bridgehead atoms. The third-order valence-corrected chi connectivity index (χ3v) is 3.37. The molecule has 0 aliphatic heterocycles. The van der Waals surface area contributed by atoms with Gasteiger partial charge in [-0.05, 0) is 29.8 Å². The molecule has 102 valence electrons. The van der Waals surface area contributed by atoms with E-state index < -0.39 is 0 Å². The van der Waals surface area contributed by atoms with Crippen molar-refractivity contribution in [3.63, 3.8) is 0 Å². The Labute approximate surface area is 122 Å². The molecule has 0 radical (unpaired) electrons. The smallest absolute Gasteiger partial charge is 0.149 e. The van der Waals surface area contributed by atoms with Gasteiger partial charge in [0, 0.05) is 10.9 Å². The predicted octanol–water partition coefficient (Wildman–Crippen LogP) is 3.36. The van der Waals surface area contributed by atoms with Crippen LogP contribution < -0.4 is 10.5 Å². The van der Waals surface area contributed by atoms with E-state index in [4.69, 9.17) is 10.5 Å².